The van der Waals surface area contributed by atoms with Crippen LogP contribution in [0.2, 0.25) is 0 Å². The van der Waals surface area contributed by atoms with Gasteiger partial charge in [-0.3, -0.25) is 4.79 Å². The molecule has 2 aromatic rings. The Morgan fingerprint density at radius 2 is 2.22 bits per heavy atom. The number of carboxylic acid groups (broad SMARTS) is 1. The molecule has 23 heavy (non-hydrogen) atoms. The van der Waals surface area contributed by atoms with Gasteiger partial charge in [0.25, 0.3) is 0 Å². The van der Waals surface area contributed by atoms with E-state index in [9.17, 15) is 4.79 Å². The lowest BCUT2D eigenvalue weighted by Crippen LogP contribution is -2.38. The molecule has 4 rings (SSSR count). The van der Waals surface area contributed by atoms with E-state index >= 15 is 0 Å². The number of carbonyl (C=O) groups is 1. The lowest BCUT2D eigenvalue weighted by Gasteiger charge is -2.32. The number of aliphatic imine (C=N–C) groups is 1. The van der Waals surface area contributed by atoms with E-state index in [1.165, 1.54) is 22.5 Å². The van der Waals surface area contributed by atoms with Crippen LogP contribution in [-0.2, 0) is 24.2 Å². The Balaban J connectivity index is 1.56. The van der Waals surface area contributed by atoms with Crippen molar-refractivity contribution in [3.8, 4) is 0 Å². The van der Waals surface area contributed by atoms with Gasteiger partial charge in [-0.15, -0.1) is 11.3 Å². The Labute approximate surface area is 142 Å². The predicted octanol–water partition coefficient (Wildman–Crippen LogP) is 2.93. The number of aliphatic carboxylic acids is 1. The van der Waals surface area contributed by atoms with E-state index in [0.29, 0.717) is 16.9 Å². The van der Waals surface area contributed by atoms with Gasteiger partial charge in [-0.1, -0.05) is 36.0 Å². The van der Waals surface area contributed by atoms with Gasteiger partial charge in [-0.2, -0.15) is 4.99 Å². The fourth-order valence-electron chi connectivity index (χ4n) is 2.98. The Kier molecular flexibility index (Phi) is 3.82. The highest BCUT2D eigenvalue weighted by molar-refractivity contribution is 8.14. The number of aromatic nitrogens is 1. The van der Waals surface area contributed by atoms with Crippen LogP contribution in [0.15, 0.2) is 34.6 Å². The summed E-state index contributed by atoms with van der Waals surface area (Å²) < 4.78 is 0. The first kappa shape index (κ1) is 14.7. The molecule has 118 valence electrons. The van der Waals surface area contributed by atoms with E-state index < -0.39 is 5.97 Å². The summed E-state index contributed by atoms with van der Waals surface area (Å²) in [7, 11) is 0. The minimum absolute atomic E-state index is 0.0474. The first-order valence-corrected chi connectivity index (χ1v) is 9.26. The first-order chi connectivity index (χ1) is 11.2. The number of nitrogens with zero attached hydrogens (tertiary/aromatic N) is 3. The van der Waals surface area contributed by atoms with Crippen LogP contribution in [-0.4, -0.2) is 37.9 Å². The summed E-state index contributed by atoms with van der Waals surface area (Å²) in [5.41, 5.74) is 3.38. The van der Waals surface area contributed by atoms with Crippen molar-refractivity contribution in [3.63, 3.8) is 0 Å². The van der Waals surface area contributed by atoms with Crippen LogP contribution in [0.3, 0.4) is 0 Å². The van der Waals surface area contributed by atoms with E-state index in [2.05, 4.69) is 39.1 Å². The minimum atomic E-state index is -0.863. The van der Waals surface area contributed by atoms with Crippen molar-refractivity contribution in [1.82, 2.24) is 9.88 Å². The van der Waals surface area contributed by atoms with Crippen molar-refractivity contribution in [3.05, 3.63) is 46.5 Å². The third-order valence-electron chi connectivity index (χ3n) is 4.07. The van der Waals surface area contributed by atoms with Crippen LogP contribution >= 0.6 is 23.1 Å². The average Bonchev–Trinajstić information content (AvgIpc) is 3.12. The fraction of sp³-hybridized carbons (Fsp3) is 0.312. The molecule has 1 N–H and O–H groups in total. The van der Waals surface area contributed by atoms with E-state index in [0.717, 1.165) is 23.9 Å². The van der Waals surface area contributed by atoms with E-state index in [1.54, 1.807) is 17.1 Å². The van der Waals surface area contributed by atoms with Gasteiger partial charge in [-0.25, -0.2) is 4.98 Å². The number of carboxylic acids is 1. The number of thiazole rings is 1. The normalized spacial score (nSPS) is 21.3. The van der Waals surface area contributed by atoms with Crippen LogP contribution in [0.1, 0.15) is 16.8 Å². The third kappa shape index (κ3) is 2.98. The number of rotatable bonds is 3. The smallest absolute Gasteiger partial charge is 0.309 e. The summed E-state index contributed by atoms with van der Waals surface area (Å²) in [4.78, 5) is 22.1. The highest BCUT2D eigenvalue weighted by Crippen LogP contribution is 2.35. The van der Waals surface area contributed by atoms with Crippen molar-refractivity contribution in [2.75, 3.05) is 5.75 Å². The lowest BCUT2D eigenvalue weighted by atomic mass is 9.95. The molecular formula is C16H15N3O2S2. The number of amidine groups is 1. The molecule has 0 unspecified atom stereocenters. The second-order valence-corrected chi connectivity index (χ2v) is 7.48. The molecule has 1 aromatic carbocycles. The molecule has 3 heterocycles. The van der Waals surface area contributed by atoms with E-state index in [4.69, 9.17) is 5.11 Å². The summed E-state index contributed by atoms with van der Waals surface area (Å²) >= 11 is 3.16. The SMILES string of the molecule is O=C(O)Cc1csc(N=C2SC[C@@H]3Cc4ccccc4CN23)n1. The molecular weight excluding hydrogens is 330 g/mol. The molecule has 2 aliphatic rings. The molecule has 1 saturated heterocycles. The molecule has 0 radical (unpaired) electrons. The minimum Gasteiger partial charge on any atom is -0.481 e. The molecule has 0 aliphatic carbocycles. The van der Waals surface area contributed by atoms with Gasteiger partial charge in [-0.05, 0) is 17.5 Å². The predicted molar refractivity (Wildman–Crippen MR) is 92.5 cm³/mol. The zero-order valence-electron chi connectivity index (χ0n) is 12.3. The first-order valence-electron chi connectivity index (χ1n) is 7.40. The zero-order valence-corrected chi connectivity index (χ0v) is 13.9. The number of thioether (sulfide) groups is 1. The Hall–Kier alpha value is -1.86. The molecule has 5 nitrogen and oxygen atoms in total. The van der Waals surface area contributed by atoms with Crippen molar-refractivity contribution in [2.24, 2.45) is 4.99 Å². The van der Waals surface area contributed by atoms with Crippen molar-refractivity contribution < 1.29 is 9.90 Å². The van der Waals surface area contributed by atoms with Crippen molar-refractivity contribution in [1.29, 1.82) is 0 Å². The average molecular weight is 345 g/mol. The van der Waals surface area contributed by atoms with Gasteiger partial charge in [0, 0.05) is 23.7 Å². The summed E-state index contributed by atoms with van der Waals surface area (Å²) in [5, 5.41) is 12.2. The highest BCUT2D eigenvalue weighted by Gasteiger charge is 2.34. The van der Waals surface area contributed by atoms with Crippen LogP contribution in [0.25, 0.3) is 0 Å². The number of benzene rings is 1. The fourth-order valence-corrected chi connectivity index (χ4v) is 4.89. The summed E-state index contributed by atoms with van der Waals surface area (Å²) in [6.45, 7) is 0.889. The third-order valence-corrected chi connectivity index (χ3v) is 5.99. The Morgan fingerprint density at radius 3 is 3.04 bits per heavy atom. The van der Waals surface area contributed by atoms with Gasteiger partial charge >= 0.3 is 5.97 Å². The maximum absolute atomic E-state index is 10.7. The highest BCUT2D eigenvalue weighted by atomic mass is 32.2. The maximum atomic E-state index is 10.7. The zero-order chi connectivity index (χ0) is 15.8. The number of hydrogen-bond donors (Lipinski definition) is 1. The molecule has 1 aromatic heterocycles. The quantitative estimate of drug-likeness (QED) is 0.926. The molecule has 7 heteroatoms. The molecule has 2 aliphatic heterocycles. The summed E-state index contributed by atoms with van der Waals surface area (Å²) in [5.74, 6) is 0.179. The Morgan fingerprint density at radius 1 is 1.39 bits per heavy atom. The maximum Gasteiger partial charge on any atom is 0.309 e. The van der Waals surface area contributed by atoms with Crippen molar-refractivity contribution >= 4 is 39.4 Å². The summed E-state index contributed by atoms with van der Waals surface area (Å²) in [6, 6.07) is 9.07. The standard InChI is InChI=1S/C16H15N3O2S2/c20-14(21)6-12-8-22-15(17-12)18-16-19-7-11-4-2-1-3-10(11)5-13(19)9-23-16/h1-4,8,13H,5-7,9H2,(H,20,21)/t13-/m0/s1. The largest absolute Gasteiger partial charge is 0.481 e. The van der Waals surface area contributed by atoms with Crippen molar-refractivity contribution in [2.45, 2.75) is 25.4 Å². The van der Waals surface area contributed by atoms with Gasteiger partial charge in [0.1, 0.15) is 0 Å². The topological polar surface area (TPSA) is 65.8 Å². The monoisotopic (exact) mass is 345 g/mol. The second kappa shape index (κ2) is 5.98. The van der Waals surface area contributed by atoms with Gasteiger partial charge in [0.2, 0.25) is 5.13 Å². The van der Waals surface area contributed by atoms with Crippen LogP contribution in [0.4, 0.5) is 5.13 Å². The van der Waals surface area contributed by atoms with Gasteiger partial charge in [0.05, 0.1) is 12.1 Å². The number of fused-ring (bicyclic) bond motifs is 2. The number of hydrogen-bond acceptors (Lipinski definition) is 5. The molecule has 0 bridgehead atoms. The van der Waals surface area contributed by atoms with Gasteiger partial charge in [0.15, 0.2) is 5.17 Å². The molecule has 0 spiro atoms. The summed E-state index contributed by atoms with van der Waals surface area (Å²) in [6.07, 6.45) is 1.01. The Bertz CT molecular complexity index is 787. The van der Waals surface area contributed by atoms with Gasteiger partial charge < -0.3 is 10.0 Å². The molecule has 1 fully saturated rings. The van der Waals surface area contributed by atoms with Crippen LogP contribution < -0.4 is 0 Å². The van der Waals surface area contributed by atoms with E-state index in [1.807, 2.05) is 0 Å². The molecule has 0 amide bonds. The second-order valence-electron chi connectivity index (χ2n) is 5.65. The van der Waals surface area contributed by atoms with E-state index in [-0.39, 0.29) is 6.42 Å². The lowest BCUT2D eigenvalue weighted by molar-refractivity contribution is -0.136. The molecule has 1 atom stereocenters. The van der Waals surface area contributed by atoms with Crippen LogP contribution in [0.5, 0.6) is 0 Å². The molecule has 0 saturated carbocycles. The van der Waals surface area contributed by atoms with Crippen LogP contribution in [0, 0.1) is 0 Å².